The minimum absolute atomic E-state index is 0.0635. The molecule has 1 saturated carbocycles. The monoisotopic (exact) mass is 482 g/mol. The van der Waals surface area contributed by atoms with Crippen LogP contribution < -0.4 is 10.6 Å². The van der Waals surface area contributed by atoms with Crippen LogP contribution in [0.2, 0.25) is 0 Å². The van der Waals surface area contributed by atoms with Gasteiger partial charge in [-0.25, -0.2) is 4.79 Å². The summed E-state index contributed by atoms with van der Waals surface area (Å²) in [6.45, 7) is 0.167. The molecule has 0 spiro atoms. The molecule has 7 nitrogen and oxygen atoms in total. The maximum atomic E-state index is 12.9. The SMILES string of the molecule is CSCC[C@H](NC(=O)OCC1c2ccccc2-c2ccccc21)C(=O)N[C@@H]1CCC[C@@H]1C(=O)O. The van der Waals surface area contributed by atoms with E-state index in [4.69, 9.17) is 4.74 Å². The minimum Gasteiger partial charge on any atom is -0.481 e. The Bertz CT molecular complexity index is 1010. The first-order chi connectivity index (χ1) is 16.5. The Kier molecular flexibility index (Phi) is 7.77. The highest BCUT2D eigenvalue weighted by molar-refractivity contribution is 7.98. The second kappa shape index (κ2) is 11.0. The average molecular weight is 483 g/mol. The second-order valence-electron chi connectivity index (χ2n) is 8.79. The fraction of sp³-hybridized carbons (Fsp3) is 0.423. The number of hydrogen-bond donors (Lipinski definition) is 3. The molecular weight excluding hydrogens is 452 g/mol. The van der Waals surface area contributed by atoms with Gasteiger partial charge in [0.1, 0.15) is 12.6 Å². The highest BCUT2D eigenvalue weighted by Crippen LogP contribution is 2.44. The number of fused-ring (bicyclic) bond motifs is 3. The highest BCUT2D eigenvalue weighted by Gasteiger charge is 2.35. The van der Waals surface area contributed by atoms with Gasteiger partial charge in [-0.2, -0.15) is 11.8 Å². The molecule has 180 valence electrons. The van der Waals surface area contributed by atoms with Crippen molar-refractivity contribution < 1.29 is 24.2 Å². The fourth-order valence-electron chi connectivity index (χ4n) is 5.00. The van der Waals surface area contributed by atoms with E-state index in [0.717, 1.165) is 28.7 Å². The van der Waals surface area contributed by atoms with Gasteiger partial charge in [0.15, 0.2) is 0 Å². The predicted molar refractivity (Wildman–Crippen MR) is 132 cm³/mol. The number of carboxylic acid groups (broad SMARTS) is 1. The predicted octanol–water partition coefficient (Wildman–Crippen LogP) is 4.02. The topological polar surface area (TPSA) is 105 Å². The Balaban J connectivity index is 1.39. The Morgan fingerprint density at radius 3 is 2.32 bits per heavy atom. The molecule has 0 aromatic heterocycles. The maximum Gasteiger partial charge on any atom is 0.407 e. The summed E-state index contributed by atoms with van der Waals surface area (Å²) in [4.78, 5) is 37.1. The van der Waals surface area contributed by atoms with Crippen LogP contribution in [0.25, 0.3) is 11.1 Å². The molecule has 4 rings (SSSR count). The number of ether oxygens (including phenoxy) is 1. The zero-order valence-corrected chi connectivity index (χ0v) is 20.0. The Morgan fingerprint density at radius 2 is 1.71 bits per heavy atom. The van der Waals surface area contributed by atoms with Gasteiger partial charge in [0.2, 0.25) is 5.91 Å². The van der Waals surface area contributed by atoms with Crippen LogP contribution in [-0.4, -0.2) is 53.8 Å². The van der Waals surface area contributed by atoms with E-state index in [1.807, 2.05) is 30.5 Å². The summed E-state index contributed by atoms with van der Waals surface area (Å²) in [6, 6.07) is 15.0. The molecule has 0 aliphatic heterocycles. The van der Waals surface area contributed by atoms with E-state index >= 15 is 0 Å². The van der Waals surface area contributed by atoms with E-state index in [1.54, 1.807) is 11.8 Å². The normalized spacial score (nSPS) is 19.7. The first-order valence-corrected chi connectivity index (χ1v) is 13.0. The third-order valence-electron chi connectivity index (χ3n) is 6.72. The molecule has 0 unspecified atom stereocenters. The summed E-state index contributed by atoms with van der Waals surface area (Å²) in [5.41, 5.74) is 4.53. The van der Waals surface area contributed by atoms with Crippen molar-refractivity contribution in [3.8, 4) is 11.1 Å². The standard InChI is InChI=1S/C26H30N2O5S/c1-34-14-13-23(24(29)27-22-12-6-11-20(22)25(30)31)28-26(32)33-15-21-18-9-4-2-7-16(18)17-8-3-5-10-19(17)21/h2-5,7-10,20-23H,6,11-15H2,1H3,(H,27,29)(H,28,32)(H,30,31)/t20-,22+,23-/m0/s1. The summed E-state index contributed by atoms with van der Waals surface area (Å²) in [5, 5.41) is 14.9. The third-order valence-corrected chi connectivity index (χ3v) is 7.37. The molecule has 3 atom stereocenters. The lowest BCUT2D eigenvalue weighted by Crippen LogP contribution is -2.51. The maximum absolute atomic E-state index is 12.9. The molecule has 0 heterocycles. The summed E-state index contributed by atoms with van der Waals surface area (Å²) in [6.07, 6.45) is 3.65. The zero-order valence-electron chi connectivity index (χ0n) is 19.2. The smallest absolute Gasteiger partial charge is 0.407 e. The number of alkyl carbamates (subject to hydrolysis) is 1. The van der Waals surface area contributed by atoms with Crippen LogP contribution in [0.15, 0.2) is 48.5 Å². The molecule has 2 aliphatic rings. The van der Waals surface area contributed by atoms with Crippen molar-refractivity contribution in [3.63, 3.8) is 0 Å². The number of amides is 2. The number of carboxylic acids is 1. The van der Waals surface area contributed by atoms with Crippen LogP contribution in [0, 0.1) is 5.92 Å². The van der Waals surface area contributed by atoms with E-state index in [9.17, 15) is 19.5 Å². The molecule has 3 N–H and O–H groups in total. The van der Waals surface area contributed by atoms with Gasteiger partial charge < -0.3 is 20.5 Å². The van der Waals surface area contributed by atoms with Crippen LogP contribution in [0.1, 0.15) is 42.7 Å². The van der Waals surface area contributed by atoms with Crippen molar-refractivity contribution in [1.82, 2.24) is 10.6 Å². The average Bonchev–Trinajstić information content (AvgIpc) is 3.43. The first kappa shape index (κ1) is 24.1. The summed E-state index contributed by atoms with van der Waals surface area (Å²) < 4.78 is 5.60. The summed E-state index contributed by atoms with van der Waals surface area (Å²) >= 11 is 1.57. The number of aliphatic carboxylic acids is 1. The Morgan fingerprint density at radius 1 is 1.06 bits per heavy atom. The van der Waals surface area contributed by atoms with Gasteiger partial charge in [0.25, 0.3) is 0 Å². The van der Waals surface area contributed by atoms with Gasteiger partial charge in [-0.05, 0) is 53.5 Å². The van der Waals surface area contributed by atoms with Crippen molar-refractivity contribution in [1.29, 1.82) is 0 Å². The number of nitrogens with one attached hydrogen (secondary N) is 2. The third kappa shape index (κ3) is 5.22. The lowest BCUT2D eigenvalue weighted by atomic mass is 9.98. The van der Waals surface area contributed by atoms with Crippen molar-refractivity contribution in [2.45, 2.75) is 43.7 Å². The van der Waals surface area contributed by atoms with Crippen LogP contribution >= 0.6 is 11.8 Å². The quantitative estimate of drug-likeness (QED) is 0.499. The first-order valence-electron chi connectivity index (χ1n) is 11.6. The van der Waals surface area contributed by atoms with Crippen LogP contribution in [0.4, 0.5) is 4.79 Å². The van der Waals surface area contributed by atoms with E-state index in [2.05, 4.69) is 34.9 Å². The van der Waals surface area contributed by atoms with Gasteiger partial charge in [0, 0.05) is 12.0 Å². The summed E-state index contributed by atoms with van der Waals surface area (Å²) in [7, 11) is 0. The van der Waals surface area contributed by atoms with Crippen molar-refractivity contribution in [3.05, 3.63) is 59.7 Å². The fourth-order valence-corrected chi connectivity index (χ4v) is 5.47. The highest BCUT2D eigenvalue weighted by atomic mass is 32.2. The molecule has 0 saturated heterocycles. The molecule has 8 heteroatoms. The lowest BCUT2D eigenvalue weighted by Gasteiger charge is -2.23. The molecule has 34 heavy (non-hydrogen) atoms. The van der Waals surface area contributed by atoms with Gasteiger partial charge in [-0.3, -0.25) is 9.59 Å². The van der Waals surface area contributed by atoms with Gasteiger partial charge in [-0.1, -0.05) is 55.0 Å². The molecule has 0 bridgehead atoms. The number of carbonyl (C=O) groups is 3. The van der Waals surface area contributed by atoms with E-state index in [-0.39, 0.29) is 18.4 Å². The largest absolute Gasteiger partial charge is 0.481 e. The molecule has 1 fully saturated rings. The van der Waals surface area contributed by atoms with E-state index in [0.29, 0.717) is 25.0 Å². The van der Waals surface area contributed by atoms with E-state index in [1.165, 1.54) is 0 Å². The molecular formula is C26H30N2O5S. The van der Waals surface area contributed by atoms with Crippen LogP contribution in [0.3, 0.4) is 0 Å². The number of carbonyl (C=O) groups excluding carboxylic acids is 2. The summed E-state index contributed by atoms with van der Waals surface area (Å²) in [5.74, 6) is -1.23. The van der Waals surface area contributed by atoms with Gasteiger partial charge in [0.05, 0.1) is 5.92 Å². The molecule has 2 aromatic carbocycles. The van der Waals surface area contributed by atoms with Gasteiger partial charge >= 0.3 is 12.1 Å². The lowest BCUT2D eigenvalue weighted by molar-refractivity contribution is -0.142. The number of benzene rings is 2. The molecule has 2 amide bonds. The van der Waals surface area contributed by atoms with E-state index < -0.39 is 30.1 Å². The van der Waals surface area contributed by atoms with Crippen molar-refractivity contribution >= 4 is 29.7 Å². The van der Waals surface area contributed by atoms with Crippen molar-refractivity contribution in [2.75, 3.05) is 18.6 Å². The van der Waals surface area contributed by atoms with Crippen molar-refractivity contribution in [2.24, 2.45) is 5.92 Å². The Hall–Kier alpha value is -3.00. The van der Waals surface area contributed by atoms with Gasteiger partial charge in [-0.15, -0.1) is 0 Å². The Labute approximate surface area is 203 Å². The zero-order chi connectivity index (χ0) is 24.1. The molecule has 2 aromatic rings. The minimum atomic E-state index is -0.895. The number of thioether (sulfide) groups is 1. The number of rotatable bonds is 9. The molecule has 2 aliphatic carbocycles. The number of hydrogen-bond acceptors (Lipinski definition) is 5. The van der Waals surface area contributed by atoms with Crippen LogP contribution in [0.5, 0.6) is 0 Å². The second-order valence-corrected chi connectivity index (χ2v) is 9.78. The van der Waals surface area contributed by atoms with Crippen LogP contribution in [-0.2, 0) is 14.3 Å². The molecule has 0 radical (unpaired) electrons.